The van der Waals surface area contributed by atoms with Crippen molar-refractivity contribution in [1.29, 1.82) is 0 Å². The van der Waals surface area contributed by atoms with Crippen molar-refractivity contribution in [3.8, 4) is 0 Å². The lowest BCUT2D eigenvalue weighted by molar-refractivity contribution is 0.508. The molecular weight excluding hydrogens is 360 g/mol. The number of hydrogen-bond donors (Lipinski definition) is 1. The van der Waals surface area contributed by atoms with E-state index in [0.717, 1.165) is 10.0 Å². The van der Waals surface area contributed by atoms with Gasteiger partial charge in [0.2, 0.25) is 0 Å². The van der Waals surface area contributed by atoms with Gasteiger partial charge in [-0.1, -0.05) is 40.5 Å². The second-order valence-electron chi connectivity index (χ2n) is 4.73. The summed E-state index contributed by atoms with van der Waals surface area (Å²) in [7, 11) is 0. The van der Waals surface area contributed by atoms with E-state index in [1.807, 2.05) is 6.92 Å². The summed E-state index contributed by atoms with van der Waals surface area (Å²) in [6, 6.07) is 9.26. The molecule has 0 heterocycles. The van der Waals surface area contributed by atoms with Crippen LogP contribution in [0.1, 0.15) is 24.1 Å². The Hall–Kier alpha value is -0.970. The lowest BCUT2D eigenvalue weighted by Gasteiger charge is -2.19. The summed E-state index contributed by atoms with van der Waals surface area (Å²) in [5.41, 5.74) is 1.32. The molecule has 5 heteroatoms. The molecule has 0 aliphatic carbocycles. The zero-order chi connectivity index (χ0) is 15.4. The van der Waals surface area contributed by atoms with Gasteiger partial charge in [-0.2, -0.15) is 0 Å². The highest BCUT2D eigenvalue weighted by Crippen LogP contribution is 2.26. The summed E-state index contributed by atoms with van der Waals surface area (Å²) in [6.45, 7) is 2.64. The standard InChI is InChI=1S/C16H15BrClF2N/c1-2-21-16(12-9-11(17)4-6-14(12)19)8-10-3-5-13(18)15(20)7-10/h3-7,9,16,21H,2,8H2,1H3. The van der Waals surface area contributed by atoms with E-state index < -0.39 is 5.82 Å². The maximum Gasteiger partial charge on any atom is 0.142 e. The van der Waals surface area contributed by atoms with E-state index >= 15 is 0 Å². The Kier molecular flexibility index (Phi) is 5.73. The van der Waals surface area contributed by atoms with E-state index in [1.165, 1.54) is 18.2 Å². The molecule has 0 aliphatic rings. The first-order valence-electron chi connectivity index (χ1n) is 6.63. The summed E-state index contributed by atoms with van der Waals surface area (Å²) in [5.74, 6) is -0.738. The fraction of sp³-hybridized carbons (Fsp3) is 0.250. The van der Waals surface area contributed by atoms with Gasteiger partial charge in [-0.15, -0.1) is 0 Å². The molecule has 0 amide bonds. The molecule has 21 heavy (non-hydrogen) atoms. The molecule has 1 nitrogen and oxygen atoms in total. The van der Waals surface area contributed by atoms with E-state index in [0.29, 0.717) is 18.5 Å². The van der Waals surface area contributed by atoms with Gasteiger partial charge in [-0.3, -0.25) is 0 Å². The first kappa shape index (κ1) is 16.4. The highest BCUT2D eigenvalue weighted by Gasteiger charge is 2.16. The van der Waals surface area contributed by atoms with Crippen LogP contribution in [0.3, 0.4) is 0 Å². The topological polar surface area (TPSA) is 12.0 Å². The van der Waals surface area contributed by atoms with Crippen molar-refractivity contribution in [1.82, 2.24) is 5.32 Å². The Morgan fingerprint density at radius 1 is 1.14 bits per heavy atom. The van der Waals surface area contributed by atoms with Crippen LogP contribution in [0.5, 0.6) is 0 Å². The first-order chi connectivity index (χ1) is 10.0. The van der Waals surface area contributed by atoms with Gasteiger partial charge in [0.15, 0.2) is 0 Å². The molecule has 0 bridgehead atoms. The van der Waals surface area contributed by atoms with Crippen molar-refractivity contribution >= 4 is 27.5 Å². The van der Waals surface area contributed by atoms with Gasteiger partial charge >= 0.3 is 0 Å². The van der Waals surface area contributed by atoms with E-state index in [9.17, 15) is 8.78 Å². The summed E-state index contributed by atoms with van der Waals surface area (Å²) in [6.07, 6.45) is 0.481. The predicted molar refractivity (Wildman–Crippen MR) is 85.6 cm³/mol. The van der Waals surface area contributed by atoms with Crippen molar-refractivity contribution in [3.63, 3.8) is 0 Å². The normalized spacial score (nSPS) is 12.4. The zero-order valence-electron chi connectivity index (χ0n) is 11.5. The van der Waals surface area contributed by atoms with Crippen molar-refractivity contribution in [2.75, 3.05) is 6.54 Å². The third-order valence-corrected chi connectivity index (χ3v) is 4.01. The van der Waals surface area contributed by atoms with Gasteiger partial charge in [0.25, 0.3) is 0 Å². The molecule has 1 unspecified atom stereocenters. The van der Waals surface area contributed by atoms with Crippen molar-refractivity contribution in [2.45, 2.75) is 19.4 Å². The first-order valence-corrected chi connectivity index (χ1v) is 7.80. The third kappa shape index (κ3) is 4.25. The molecule has 0 saturated heterocycles. The Labute approximate surface area is 136 Å². The lowest BCUT2D eigenvalue weighted by Crippen LogP contribution is -2.24. The molecule has 0 radical (unpaired) electrons. The lowest BCUT2D eigenvalue weighted by atomic mass is 9.98. The minimum absolute atomic E-state index is 0.0902. The van der Waals surface area contributed by atoms with Crippen LogP contribution in [0, 0.1) is 11.6 Å². The maximum absolute atomic E-state index is 14.0. The molecular formula is C16H15BrClF2N. The Morgan fingerprint density at radius 3 is 2.57 bits per heavy atom. The zero-order valence-corrected chi connectivity index (χ0v) is 13.8. The van der Waals surface area contributed by atoms with Crippen LogP contribution in [0.15, 0.2) is 40.9 Å². The molecule has 2 rings (SSSR count). The third-order valence-electron chi connectivity index (χ3n) is 3.21. The molecule has 0 aliphatic heterocycles. The predicted octanol–water partition coefficient (Wildman–Crippen LogP) is 5.27. The monoisotopic (exact) mass is 373 g/mol. The van der Waals surface area contributed by atoms with Crippen LogP contribution in [-0.4, -0.2) is 6.54 Å². The Bertz CT molecular complexity index is 634. The van der Waals surface area contributed by atoms with Gasteiger partial charge in [-0.25, -0.2) is 8.78 Å². The molecule has 0 spiro atoms. The smallest absolute Gasteiger partial charge is 0.142 e. The molecule has 2 aromatic carbocycles. The second kappa shape index (κ2) is 7.34. The molecule has 0 saturated carbocycles. The molecule has 1 N–H and O–H groups in total. The molecule has 0 aromatic heterocycles. The average Bonchev–Trinajstić information content (AvgIpc) is 2.45. The number of benzene rings is 2. The van der Waals surface area contributed by atoms with Crippen molar-refractivity contribution < 1.29 is 8.78 Å². The number of nitrogens with one attached hydrogen (secondary N) is 1. The summed E-state index contributed by atoms with van der Waals surface area (Å²) in [5, 5.41) is 3.32. The van der Waals surface area contributed by atoms with Gasteiger partial charge in [0.05, 0.1) is 5.02 Å². The minimum atomic E-state index is -0.459. The van der Waals surface area contributed by atoms with Crippen LogP contribution >= 0.6 is 27.5 Å². The number of rotatable bonds is 5. The van der Waals surface area contributed by atoms with E-state index in [2.05, 4.69) is 21.2 Å². The van der Waals surface area contributed by atoms with Crippen LogP contribution < -0.4 is 5.32 Å². The fourth-order valence-electron chi connectivity index (χ4n) is 2.22. The average molecular weight is 375 g/mol. The Balaban J connectivity index is 2.30. The van der Waals surface area contributed by atoms with Crippen LogP contribution in [0.2, 0.25) is 5.02 Å². The fourth-order valence-corrected chi connectivity index (χ4v) is 2.72. The van der Waals surface area contributed by atoms with Gasteiger partial charge in [0, 0.05) is 16.1 Å². The van der Waals surface area contributed by atoms with E-state index in [1.54, 1.807) is 18.2 Å². The highest BCUT2D eigenvalue weighted by molar-refractivity contribution is 9.10. The SMILES string of the molecule is CCNC(Cc1ccc(Cl)c(F)c1)c1cc(Br)ccc1F. The van der Waals surface area contributed by atoms with Crippen molar-refractivity contribution in [3.05, 3.63) is 68.7 Å². The van der Waals surface area contributed by atoms with E-state index in [-0.39, 0.29) is 16.9 Å². The van der Waals surface area contributed by atoms with Crippen LogP contribution in [0.25, 0.3) is 0 Å². The number of hydrogen-bond acceptors (Lipinski definition) is 1. The summed E-state index contributed by atoms with van der Waals surface area (Å²) >= 11 is 9.03. The number of likely N-dealkylation sites (N-methyl/N-ethyl adjacent to an activating group) is 1. The Morgan fingerprint density at radius 2 is 1.90 bits per heavy atom. The van der Waals surface area contributed by atoms with Gasteiger partial charge < -0.3 is 5.32 Å². The number of halogens is 4. The molecule has 112 valence electrons. The van der Waals surface area contributed by atoms with Crippen LogP contribution in [-0.2, 0) is 6.42 Å². The quantitative estimate of drug-likeness (QED) is 0.751. The summed E-state index contributed by atoms with van der Waals surface area (Å²) in [4.78, 5) is 0. The van der Waals surface area contributed by atoms with Crippen molar-refractivity contribution in [2.24, 2.45) is 0 Å². The molecule has 1 atom stereocenters. The van der Waals surface area contributed by atoms with E-state index in [4.69, 9.17) is 11.6 Å². The molecule has 0 fully saturated rings. The molecule has 2 aromatic rings. The minimum Gasteiger partial charge on any atom is -0.310 e. The van der Waals surface area contributed by atoms with Gasteiger partial charge in [0.1, 0.15) is 11.6 Å². The highest BCUT2D eigenvalue weighted by atomic mass is 79.9. The summed E-state index contributed by atoms with van der Waals surface area (Å²) < 4.78 is 28.4. The largest absolute Gasteiger partial charge is 0.310 e. The maximum atomic E-state index is 14.0. The second-order valence-corrected chi connectivity index (χ2v) is 6.05. The van der Waals surface area contributed by atoms with Gasteiger partial charge in [-0.05, 0) is 48.9 Å². The van der Waals surface area contributed by atoms with Crippen LogP contribution in [0.4, 0.5) is 8.78 Å².